The smallest absolute Gasteiger partial charge is 0.345 e. The van der Waals surface area contributed by atoms with E-state index in [1.165, 1.54) is 17.7 Å². The average Bonchev–Trinajstić information content (AvgIpc) is 3.33. The molecule has 3 aromatic rings. The van der Waals surface area contributed by atoms with E-state index in [0.29, 0.717) is 25.2 Å². The molecule has 1 aliphatic heterocycles. The van der Waals surface area contributed by atoms with E-state index in [9.17, 15) is 18.0 Å². The Morgan fingerprint density at radius 2 is 2.04 bits per heavy atom. The van der Waals surface area contributed by atoms with Gasteiger partial charge in [0.25, 0.3) is 0 Å². The van der Waals surface area contributed by atoms with E-state index in [0.717, 1.165) is 20.7 Å². The number of alkyl halides is 3. The minimum atomic E-state index is -4.43. The van der Waals surface area contributed by atoms with Crippen LogP contribution in [0.15, 0.2) is 42.7 Å². The molecule has 1 aliphatic rings. The van der Waals surface area contributed by atoms with Gasteiger partial charge in [0.1, 0.15) is 29.6 Å². The van der Waals surface area contributed by atoms with Gasteiger partial charge in [0, 0.05) is 11.4 Å². The summed E-state index contributed by atoms with van der Waals surface area (Å²) in [4.78, 5) is 24.6. The Hall–Kier alpha value is -2.68. The third-order valence-electron chi connectivity index (χ3n) is 4.66. The van der Waals surface area contributed by atoms with E-state index in [-0.39, 0.29) is 0 Å². The third-order valence-corrected chi connectivity index (χ3v) is 5.75. The molecular formula is C19H17F3N4OS. The number of rotatable bonds is 4. The average molecular weight is 406 g/mol. The molecule has 0 aliphatic carbocycles. The number of carbonyl (C=O) groups is 1. The minimum Gasteiger partial charge on any atom is -0.345 e. The van der Waals surface area contributed by atoms with Crippen LogP contribution in [0.5, 0.6) is 0 Å². The maximum atomic E-state index is 12.4. The van der Waals surface area contributed by atoms with Crippen LogP contribution in [0.4, 0.5) is 19.0 Å². The van der Waals surface area contributed by atoms with Gasteiger partial charge in [0.2, 0.25) is 5.91 Å². The molecule has 2 aromatic heterocycles. The van der Waals surface area contributed by atoms with E-state index in [1.54, 1.807) is 4.90 Å². The lowest BCUT2D eigenvalue weighted by molar-refractivity contribution is -0.139. The predicted octanol–water partition coefficient (Wildman–Crippen LogP) is 4.01. The number of halogens is 3. The monoisotopic (exact) mass is 406 g/mol. The second kappa shape index (κ2) is 7.38. The topological polar surface area (TPSA) is 58.1 Å². The number of anilines is 1. The van der Waals surface area contributed by atoms with Crippen LogP contribution in [-0.4, -0.2) is 41.2 Å². The lowest BCUT2D eigenvalue weighted by Gasteiger charge is -2.25. The van der Waals surface area contributed by atoms with Gasteiger partial charge >= 0.3 is 6.18 Å². The molecule has 0 bridgehead atoms. The highest BCUT2D eigenvalue weighted by Gasteiger charge is 2.35. The number of hydrogen-bond acceptors (Lipinski definition) is 5. The molecule has 3 heterocycles. The van der Waals surface area contributed by atoms with Gasteiger partial charge in [-0.15, -0.1) is 11.3 Å². The fourth-order valence-corrected chi connectivity index (χ4v) is 4.41. The van der Waals surface area contributed by atoms with E-state index < -0.39 is 24.7 Å². The van der Waals surface area contributed by atoms with Crippen LogP contribution in [0.3, 0.4) is 0 Å². The first-order valence-corrected chi connectivity index (χ1v) is 9.65. The molecule has 4 rings (SSSR count). The van der Waals surface area contributed by atoms with Crippen LogP contribution < -0.4 is 10.2 Å². The standard InChI is InChI=1S/C19H17F3N4OS/c20-19(21,22)10-23-17(27)14-7-4-8-26(14)16-13-9-15(12-5-2-1-3-6-12)28-18(13)25-11-24-16/h1-3,5-6,9,11,14H,4,7-8,10H2,(H,23,27). The van der Waals surface area contributed by atoms with Gasteiger partial charge in [-0.3, -0.25) is 4.79 Å². The zero-order valence-electron chi connectivity index (χ0n) is 14.7. The molecule has 1 unspecified atom stereocenters. The number of nitrogens with one attached hydrogen (secondary N) is 1. The number of benzene rings is 1. The quantitative estimate of drug-likeness (QED) is 0.712. The van der Waals surface area contributed by atoms with Gasteiger partial charge in [-0.1, -0.05) is 30.3 Å². The molecule has 1 saturated heterocycles. The molecule has 1 amide bonds. The molecule has 0 radical (unpaired) electrons. The number of aromatic nitrogens is 2. The number of thiophene rings is 1. The molecule has 1 N–H and O–H groups in total. The minimum absolute atomic E-state index is 0.491. The first-order valence-electron chi connectivity index (χ1n) is 8.83. The Balaban J connectivity index is 1.64. The summed E-state index contributed by atoms with van der Waals surface area (Å²) in [5.41, 5.74) is 1.05. The van der Waals surface area contributed by atoms with Gasteiger partial charge in [-0.25, -0.2) is 9.97 Å². The normalized spacial score (nSPS) is 17.2. The molecule has 9 heteroatoms. The molecule has 28 heavy (non-hydrogen) atoms. The molecule has 0 saturated carbocycles. The van der Waals surface area contributed by atoms with Crippen molar-refractivity contribution in [3.8, 4) is 10.4 Å². The molecule has 1 fully saturated rings. The second-order valence-electron chi connectivity index (χ2n) is 6.58. The van der Waals surface area contributed by atoms with Crippen LogP contribution >= 0.6 is 11.3 Å². The maximum Gasteiger partial charge on any atom is 0.405 e. The summed E-state index contributed by atoms with van der Waals surface area (Å²) < 4.78 is 37.3. The number of hydrogen-bond donors (Lipinski definition) is 1. The van der Waals surface area contributed by atoms with Crippen molar-refractivity contribution in [2.75, 3.05) is 18.0 Å². The number of carbonyl (C=O) groups excluding carboxylic acids is 1. The van der Waals surface area contributed by atoms with Gasteiger partial charge in [0.05, 0.1) is 5.39 Å². The SMILES string of the molecule is O=C(NCC(F)(F)F)C1CCCN1c1ncnc2sc(-c3ccccc3)cc12. The van der Waals surface area contributed by atoms with Crippen LogP contribution in [-0.2, 0) is 4.79 Å². The van der Waals surface area contributed by atoms with Crippen LogP contribution in [0.2, 0.25) is 0 Å². The Bertz CT molecular complexity index is 990. The molecule has 146 valence electrons. The molecule has 1 atom stereocenters. The fraction of sp³-hybridized carbons (Fsp3) is 0.316. The first kappa shape index (κ1) is 18.7. The molecular weight excluding hydrogens is 389 g/mol. The number of nitrogens with zero attached hydrogens (tertiary/aromatic N) is 3. The van der Waals surface area contributed by atoms with E-state index in [1.807, 2.05) is 41.7 Å². The van der Waals surface area contributed by atoms with Gasteiger partial charge in [-0.2, -0.15) is 13.2 Å². The lowest BCUT2D eigenvalue weighted by Crippen LogP contribution is -2.46. The third kappa shape index (κ3) is 3.80. The van der Waals surface area contributed by atoms with Gasteiger partial charge < -0.3 is 10.2 Å². The highest BCUT2D eigenvalue weighted by molar-refractivity contribution is 7.21. The summed E-state index contributed by atoms with van der Waals surface area (Å²) in [6, 6.07) is 11.2. The van der Waals surface area contributed by atoms with Crippen molar-refractivity contribution in [2.45, 2.75) is 25.1 Å². The van der Waals surface area contributed by atoms with Crippen molar-refractivity contribution in [1.29, 1.82) is 0 Å². The lowest BCUT2D eigenvalue weighted by atomic mass is 10.1. The predicted molar refractivity (Wildman–Crippen MR) is 102 cm³/mol. The Labute approximate surface area is 163 Å². The Morgan fingerprint density at radius 1 is 1.25 bits per heavy atom. The van der Waals surface area contributed by atoms with Crippen molar-refractivity contribution in [3.05, 3.63) is 42.7 Å². The van der Waals surface area contributed by atoms with Crippen molar-refractivity contribution >= 4 is 33.3 Å². The molecule has 5 nitrogen and oxygen atoms in total. The van der Waals surface area contributed by atoms with Crippen molar-refractivity contribution in [3.63, 3.8) is 0 Å². The Kier molecular flexibility index (Phi) is 4.92. The summed E-state index contributed by atoms with van der Waals surface area (Å²) in [5, 5.41) is 2.80. The summed E-state index contributed by atoms with van der Waals surface area (Å²) in [6.45, 7) is -0.765. The highest BCUT2D eigenvalue weighted by atomic mass is 32.1. The van der Waals surface area contributed by atoms with Crippen molar-refractivity contribution < 1.29 is 18.0 Å². The Morgan fingerprint density at radius 3 is 2.79 bits per heavy atom. The van der Waals surface area contributed by atoms with E-state index in [4.69, 9.17) is 0 Å². The van der Waals surface area contributed by atoms with Gasteiger partial charge in [-0.05, 0) is 24.5 Å². The van der Waals surface area contributed by atoms with Crippen molar-refractivity contribution in [2.24, 2.45) is 0 Å². The van der Waals surface area contributed by atoms with E-state index >= 15 is 0 Å². The largest absolute Gasteiger partial charge is 0.405 e. The summed E-state index contributed by atoms with van der Waals surface area (Å²) in [6.07, 6.45) is -1.79. The van der Waals surface area contributed by atoms with Gasteiger partial charge in [0.15, 0.2) is 0 Å². The second-order valence-corrected chi connectivity index (χ2v) is 7.61. The zero-order valence-corrected chi connectivity index (χ0v) is 15.6. The summed E-state index contributed by atoms with van der Waals surface area (Å²) >= 11 is 1.52. The zero-order chi connectivity index (χ0) is 19.7. The number of amides is 1. The molecule has 1 aromatic carbocycles. The van der Waals surface area contributed by atoms with Crippen molar-refractivity contribution in [1.82, 2.24) is 15.3 Å². The maximum absolute atomic E-state index is 12.4. The van der Waals surface area contributed by atoms with E-state index in [2.05, 4.69) is 9.97 Å². The summed E-state index contributed by atoms with van der Waals surface area (Å²) in [7, 11) is 0. The van der Waals surface area contributed by atoms with Crippen LogP contribution in [0, 0.1) is 0 Å². The first-order chi connectivity index (χ1) is 13.4. The van der Waals surface area contributed by atoms with Crippen LogP contribution in [0.1, 0.15) is 12.8 Å². The summed E-state index contributed by atoms with van der Waals surface area (Å²) in [5.74, 6) is -0.0341. The van der Waals surface area contributed by atoms with Crippen LogP contribution in [0.25, 0.3) is 20.7 Å². The highest BCUT2D eigenvalue weighted by Crippen LogP contribution is 2.37. The molecule has 0 spiro atoms. The fourth-order valence-electron chi connectivity index (χ4n) is 3.41. The number of fused-ring (bicyclic) bond motifs is 1.